The Labute approximate surface area is 210 Å². The van der Waals surface area contributed by atoms with E-state index in [1.54, 1.807) is 36.8 Å². The molecule has 1 N–H and O–H groups in total. The van der Waals surface area contributed by atoms with Crippen LogP contribution in [0.4, 0.5) is 0 Å². The summed E-state index contributed by atoms with van der Waals surface area (Å²) in [6.07, 6.45) is 6.73. The summed E-state index contributed by atoms with van der Waals surface area (Å²) in [6.45, 7) is 5.98. The molecular formula is C28H31N3O5. The number of rotatable bonds is 11. The number of amides is 1. The standard InChI is InChI=1S/C28H31N3O5/c1-3-17-36-23-8-5-7-21(18-23)26(32)24-25(20-9-11-22(12-10-20)35-4-2)31(28(34)27(24)33)15-6-14-30-16-13-29-19-30/h5,7-13,16,18-19,25,32H,3-4,6,14-15,17H2,1-2H3/b26-24+. The third-order valence-electron chi connectivity index (χ3n) is 6.00. The number of hydrogen-bond acceptors (Lipinski definition) is 6. The number of aryl methyl sites for hydroxylation is 1. The number of aliphatic hydroxyl groups is 1. The number of aliphatic hydroxyl groups excluding tert-OH is 1. The van der Waals surface area contributed by atoms with Crippen LogP contribution in [0.2, 0.25) is 0 Å². The first-order chi connectivity index (χ1) is 17.5. The average Bonchev–Trinajstić information content (AvgIpc) is 3.50. The molecule has 1 aromatic heterocycles. The molecule has 3 aromatic rings. The average molecular weight is 490 g/mol. The van der Waals surface area contributed by atoms with E-state index in [9.17, 15) is 14.7 Å². The Bertz CT molecular complexity index is 1220. The maximum Gasteiger partial charge on any atom is 0.295 e. The Balaban J connectivity index is 1.71. The highest BCUT2D eigenvalue weighted by Gasteiger charge is 2.45. The van der Waals surface area contributed by atoms with Gasteiger partial charge in [-0.1, -0.05) is 31.2 Å². The smallest absolute Gasteiger partial charge is 0.295 e. The molecule has 0 bridgehead atoms. The van der Waals surface area contributed by atoms with Crippen LogP contribution >= 0.6 is 0 Å². The Morgan fingerprint density at radius 1 is 1.03 bits per heavy atom. The predicted molar refractivity (Wildman–Crippen MR) is 136 cm³/mol. The zero-order valence-corrected chi connectivity index (χ0v) is 20.6. The van der Waals surface area contributed by atoms with Gasteiger partial charge in [-0.25, -0.2) is 4.98 Å². The van der Waals surface area contributed by atoms with Crippen molar-refractivity contribution in [3.8, 4) is 11.5 Å². The zero-order valence-electron chi connectivity index (χ0n) is 20.6. The molecule has 1 aliphatic heterocycles. The van der Waals surface area contributed by atoms with Gasteiger partial charge in [-0.3, -0.25) is 9.59 Å². The molecule has 8 nitrogen and oxygen atoms in total. The van der Waals surface area contributed by atoms with Crippen molar-refractivity contribution < 1.29 is 24.2 Å². The molecule has 2 heterocycles. The van der Waals surface area contributed by atoms with E-state index in [2.05, 4.69) is 4.98 Å². The van der Waals surface area contributed by atoms with E-state index < -0.39 is 17.7 Å². The first-order valence-electron chi connectivity index (χ1n) is 12.2. The second-order valence-electron chi connectivity index (χ2n) is 8.52. The van der Waals surface area contributed by atoms with Crippen LogP contribution in [0.3, 0.4) is 0 Å². The maximum atomic E-state index is 13.3. The zero-order chi connectivity index (χ0) is 25.5. The minimum atomic E-state index is -0.719. The van der Waals surface area contributed by atoms with E-state index >= 15 is 0 Å². The molecule has 1 fully saturated rings. The number of nitrogens with zero attached hydrogens (tertiary/aromatic N) is 3. The first-order valence-corrected chi connectivity index (χ1v) is 12.2. The normalized spacial score (nSPS) is 16.9. The number of hydrogen-bond donors (Lipinski definition) is 1. The molecule has 1 atom stereocenters. The Morgan fingerprint density at radius 3 is 2.53 bits per heavy atom. The van der Waals surface area contributed by atoms with Gasteiger partial charge in [0, 0.05) is 31.0 Å². The van der Waals surface area contributed by atoms with Crippen molar-refractivity contribution in [1.82, 2.24) is 14.5 Å². The van der Waals surface area contributed by atoms with Gasteiger partial charge in [0.15, 0.2) is 0 Å². The molecule has 1 amide bonds. The molecule has 36 heavy (non-hydrogen) atoms. The summed E-state index contributed by atoms with van der Waals surface area (Å²) in [7, 11) is 0. The molecule has 0 aliphatic carbocycles. The second-order valence-corrected chi connectivity index (χ2v) is 8.52. The molecule has 1 unspecified atom stereocenters. The number of benzene rings is 2. The van der Waals surface area contributed by atoms with Crippen LogP contribution in [0.1, 0.15) is 43.9 Å². The van der Waals surface area contributed by atoms with E-state index in [1.807, 2.05) is 48.9 Å². The maximum absolute atomic E-state index is 13.3. The van der Waals surface area contributed by atoms with Gasteiger partial charge in [0.05, 0.1) is 31.2 Å². The quantitative estimate of drug-likeness (QED) is 0.241. The van der Waals surface area contributed by atoms with Crippen molar-refractivity contribution in [2.45, 2.75) is 39.3 Å². The molecule has 1 aliphatic rings. The van der Waals surface area contributed by atoms with Crippen LogP contribution in [0.25, 0.3) is 5.76 Å². The molecular weight excluding hydrogens is 458 g/mol. The number of imidazole rings is 1. The lowest BCUT2D eigenvalue weighted by atomic mass is 9.95. The summed E-state index contributed by atoms with van der Waals surface area (Å²) in [5.74, 6) is -0.258. The number of ether oxygens (including phenoxy) is 2. The fourth-order valence-electron chi connectivity index (χ4n) is 4.32. The summed E-state index contributed by atoms with van der Waals surface area (Å²) in [5.41, 5.74) is 1.22. The number of aromatic nitrogens is 2. The van der Waals surface area contributed by atoms with Crippen molar-refractivity contribution >= 4 is 17.4 Å². The molecule has 0 radical (unpaired) electrons. The number of Topliss-reactive ketones (excluding diaryl/α,β-unsaturated/α-hetero) is 1. The fourth-order valence-corrected chi connectivity index (χ4v) is 4.32. The Kier molecular flexibility index (Phi) is 8.05. The SMILES string of the molecule is CCCOc1cccc(/C(O)=C2\C(=O)C(=O)N(CCCn3ccnc3)C2c2ccc(OCC)cc2)c1. The molecule has 2 aromatic carbocycles. The predicted octanol–water partition coefficient (Wildman–Crippen LogP) is 4.58. The molecule has 1 saturated heterocycles. The minimum absolute atomic E-state index is 0.0689. The summed E-state index contributed by atoms with van der Waals surface area (Å²) in [6, 6.07) is 13.5. The van der Waals surface area contributed by atoms with Crippen molar-refractivity contribution in [3.05, 3.63) is 84.0 Å². The molecule has 0 saturated carbocycles. The minimum Gasteiger partial charge on any atom is -0.507 e. The van der Waals surface area contributed by atoms with Crippen LogP contribution in [0.15, 0.2) is 72.8 Å². The van der Waals surface area contributed by atoms with Gasteiger partial charge in [-0.2, -0.15) is 0 Å². The van der Waals surface area contributed by atoms with Crippen LogP contribution in [-0.4, -0.2) is 51.0 Å². The Hall–Kier alpha value is -4.07. The lowest BCUT2D eigenvalue weighted by molar-refractivity contribution is -0.139. The summed E-state index contributed by atoms with van der Waals surface area (Å²) < 4.78 is 13.2. The van der Waals surface area contributed by atoms with Crippen LogP contribution in [0, 0.1) is 0 Å². The van der Waals surface area contributed by atoms with E-state index in [0.717, 1.165) is 12.0 Å². The van der Waals surface area contributed by atoms with Crippen molar-refractivity contribution in [2.24, 2.45) is 0 Å². The number of ketones is 1. The molecule has 8 heteroatoms. The molecule has 4 rings (SSSR count). The van der Waals surface area contributed by atoms with Gasteiger partial charge in [0.25, 0.3) is 11.7 Å². The van der Waals surface area contributed by atoms with Gasteiger partial charge in [0.1, 0.15) is 17.3 Å². The number of carbonyl (C=O) groups excluding carboxylic acids is 2. The third kappa shape index (κ3) is 5.43. The molecule has 188 valence electrons. The second kappa shape index (κ2) is 11.6. The van der Waals surface area contributed by atoms with Gasteiger partial charge in [-0.05, 0) is 49.6 Å². The number of likely N-dealkylation sites (tertiary alicyclic amines) is 1. The summed E-state index contributed by atoms with van der Waals surface area (Å²) in [4.78, 5) is 32.0. The Morgan fingerprint density at radius 2 is 1.83 bits per heavy atom. The largest absolute Gasteiger partial charge is 0.507 e. The highest BCUT2D eigenvalue weighted by molar-refractivity contribution is 6.46. The van der Waals surface area contributed by atoms with E-state index in [0.29, 0.717) is 49.8 Å². The van der Waals surface area contributed by atoms with Crippen molar-refractivity contribution in [3.63, 3.8) is 0 Å². The fraction of sp³-hybridized carbons (Fsp3) is 0.321. The lowest BCUT2D eigenvalue weighted by Crippen LogP contribution is -2.31. The lowest BCUT2D eigenvalue weighted by Gasteiger charge is -2.25. The van der Waals surface area contributed by atoms with E-state index in [4.69, 9.17) is 9.47 Å². The van der Waals surface area contributed by atoms with Crippen molar-refractivity contribution in [2.75, 3.05) is 19.8 Å². The topological polar surface area (TPSA) is 93.9 Å². The number of carbonyl (C=O) groups is 2. The monoisotopic (exact) mass is 489 g/mol. The van der Waals surface area contributed by atoms with E-state index in [1.165, 1.54) is 4.90 Å². The highest BCUT2D eigenvalue weighted by atomic mass is 16.5. The van der Waals surface area contributed by atoms with Crippen molar-refractivity contribution in [1.29, 1.82) is 0 Å². The summed E-state index contributed by atoms with van der Waals surface area (Å²) in [5, 5.41) is 11.3. The van der Waals surface area contributed by atoms with Gasteiger partial charge in [-0.15, -0.1) is 0 Å². The molecule has 0 spiro atoms. The first kappa shape index (κ1) is 25.0. The van der Waals surface area contributed by atoms with Gasteiger partial charge in [0.2, 0.25) is 0 Å². The van der Waals surface area contributed by atoms with Crippen LogP contribution in [-0.2, 0) is 16.1 Å². The van der Waals surface area contributed by atoms with Crippen LogP contribution < -0.4 is 9.47 Å². The third-order valence-corrected chi connectivity index (χ3v) is 6.00. The summed E-state index contributed by atoms with van der Waals surface area (Å²) >= 11 is 0. The van der Waals surface area contributed by atoms with Crippen LogP contribution in [0.5, 0.6) is 11.5 Å². The van der Waals surface area contributed by atoms with Gasteiger partial charge >= 0.3 is 0 Å². The van der Waals surface area contributed by atoms with Gasteiger partial charge < -0.3 is 24.0 Å². The van der Waals surface area contributed by atoms with E-state index in [-0.39, 0.29) is 11.3 Å². The highest BCUT2D eigenvalue weighted by Crippen LogP contribution is 2.40.